The van der Waals surface area contributed by atoms with Crippen molar-refractivity contribution in [3.8, 4) is 28.1 Å². The highest BCUT2D eigenvalue weighted by Gasteiger charge is 2.22. The third-order valence-corrected chi connectivity index (χ3v) is 12.1. The van der Waals surface area contributed by atoms with Crippen LogP contribution in [-0.2, 0) is 0 Å². The Hall–Kier alpha value is -5.59. The van der Waals surface area contributed by atoms with Crippen LogP contribution in [0.5, 0.6) is 0 Å². The molecule has 11 rings (SSSR count). The average Bonchev–Trinajstić information content (AvgIpc) is 3.89. The summed E-state index contributed by atoms with van der Waals surface area (Å²) in [5.74, 6) is 0. The summed E-state index contributed by atoms with van der Waals surface area (Å²) in [7, 11) is 0. The Kier molecular flexibility index (Phi) is 5.08. The van der Waals surface area contributed by atoms with Crippen molar-refractivity contribution >= 4 is 107 Å². The van der Waals surface area contributed by atoms with Crippen molar-refractivity contribution in [1.29, 1.82) is 0 Å². The van der Waals surface area contributed by atoms with Crippen LogP contribution in [0.2, 0.25) is 5.28 Å². The summed E-state index contributed by atoms with van der Waals surface area (Å²) in [6.45, 7) is 0. The van der Waals surface area contributed by atoms with Crippen LogP contribution >= 0.6 is 34.3 Å². The van der Waals surface area contributed by atoms with Crippen molar-refractivity contribution in [2.24, 2.45) is 0 Å². The summed E-state index contributed by atoms with van der Waals surface area (Å²) in [6, 6.07) is 37.9. The fourth-order valence-corrected chi connectivity index (χ4v) is 10.1. The molecule has 0 N–H and O–H groups in total. The number of rotatable bonds is 3. The monoisotopic (exact) mass is 698 g/mol. The van der Waals surface area contributed by atoms with E-state index >= 15 is 0 Å². The molecule has 11 aromatic rings. The molecule has 0 saturated carbocycles. The van der Waals surface area contributed by atoms with Gasteiger partial charge in [-0.15, -0.1) is 22.7 Å². The van der Waals surface area contributed by atoms with Crippen LogP contribution in [-0.4, -0.2) is 14.5 Å². The Balaban J connectivity index is 1.23. The zero-order valence-electron chi connectivity index (χ0n) is 31.0. The van der Waals surface area contributed by atoms with Crippen molar-refractivity contribution in [1.82, 2.24) is 14.5 Å². The summed E-state index contributed by atoms with van der Waals surface area (Å²) in [4.78, 5) is 9.32. The van der Waals surface area contributed by atoms with Gasteiger partial charge in [0.15, 0.2) is 0 Å². The minimum Gasteiger partial charge on any atom is -0.309 e. The van der Waals surface area contributed by atoms with Crippen molar-refractivity contribution in [2.75, 3.05) is 0 Å². The van der Waals surface area contributed by atoms with E-state index in [0.717, 1.165) is 74.5 Å². The molecule has 50 heavy (non-hydrogen) atoms. The van der Waals surface area contributed by atoms with Crippen molar-refractivity contribution in [3.05, 3.63) is 151 Å². The molecule has 3 nitrogen and oxygen atoms in total. The van der Waals surface area contributed by atoms with E-state index in [-0.39, 0.29) is 35.0 Å². The van der Waals surface area contributed by atoms with Crippen LogP contribution in [0.15, 0.2) is 145 Å². The van der Waals surface area contributed by atoms with Crippen molar-refractivity contribution in [3.63, 3.8) is 0 Å². The molecule has 6 heteroatoms. The SMILES string of the molecule is [2H]c1c([2H])c([2H])c(-c2ccc3c(c2)c2c4sc5ccccc5c4c4ccccc4c2n3-c2ccc(-c3nc(Cl)nc4c3sc3ccccc34)cc2)c([2H])c1[2H]. The summed E-state index contributed by atoms with van der Waals surface area (Å²) < 4.78 is 49.3. The third kappa shape index (κ3) is 4.03. The molecule has 4 heterocycles. The lowest BCUT2D eigenvalue weighted by Crippen LogP contribution is -1.95. The largest absolute Gasteiger partial charge is 0.309 e. The molecule has 0 aliphatic heterocycles. The van der Waals surface area contributed by atoms with Gasteiger partial charge in [0.25, 0.3) is 0 Å². The predicted octanol–water partition coefficient (Wildman–Crippen LogP) is 13.5. The first kappa shape index (κ1) is 23.7. The number of nitrogens with zero attached hydrogens (tertiary/aromatic N) is 3. The van der Waals surface area contributed by atoms with Gasteiger partial charge in [-0.2, -0.15) is 0 Å². The lowest BCUT2D eigenvalue weighted by molar-refractivity contribution is 1.18. The minimum absolute atomic E-state index is 0.183. The molecule has 0 bridgehead atoms. The minimum atomic E-state index is -0.407. The smallest absolute Gasteiger partial charge is 0.223 e. The van der Waals surface area contributed by atoms with E-state index in [9.17, 15) is 0 Å². The van der Waals surface area contributed by atoms with Crippen LogP contribution < -0.4 is 0 Å². The first-order valence-electron chi connectivity index (χ1n) is 18.6. The summed E-state index contributed by atoms with van der Waals surface area (Å²) >= 11 is 9.94. The number of halogens is 1. The number of aromatic nitrogens is 3. The fraction of sp³-hybridized carbons (Fsp3) is 0. The number of fused-ring (bicyclic) bond motifs is 13. The maximum Gasteiger partial charge on any atom is 0.223 e. The normalized spacial score (nSPS) is 13.5. The molecule has 7 aromatic carbocycles. The molecular weight excluding hydrogens is 670 g/mol. The van der Waals surface area contributed by atoms with Crippen molar-refractivity contribution < 1.29 is 6.85 Å². The van der Waals surface area contributed by atoms with E-state index in [1.54, 1.807) is 22.7 Å². The Morgan fingerprint density at radius 2 is 1.22 bits per heavy atom. The molecule has 0 aliphatic rings. The standard InChI is InChI=1S/C44H24ClN3S2/c45-44-46-39(43-40(47-44)32-15-7-9-17-36(32)50-43)26-18-21-28(22-19-26)48-34-23-20-27(25-10-2-1-3-11-25)24-33(34)38-41(48)30-13-5-4-12-29(30)37-31-14-6-8-16-35(31)49-42(37)38/h1-24H/i1D,2D,3D,10D,11D. The number of benzene rings is 7. The van der Waals surface area contributed by atoms with Crippen molar-refractivity contribution in [2.45, 2.75) is 0 Å². The van der Waals surface area contributed by atoms with Crippen LogP contribution in [0.4, 0.5) is 0 Å². The predicted molar refractivity (Wildman–Crippen MR) is 216 cm³/mol. The van der Waals surface area contributed by atoms with Crippen LogP contribution in [0.25, 0.3) is 101 Å². The number of hydrogen-bond acceptors (Lipinski definition) is 4. The Morgan fingerprint density at radius 1 is 0.560 bits per heavy atom. The molecule has 0 radical (unpaired) electrons. The number of thiophene rings is 2. The highest BCUT2D eigenvalue weighted by molar-refractivity contribution is 7.27. The fourth-order valence-electron chi connectivity index (χ4n) is 7.52. The molecule has 0 unspecified atom stereocenters. The van der Waals surface area contributed by atoms with E-state index in [0.29, 0.717) is 5.56 Å². The lowest BCUT2D eigenvalue weighted by atomic mass is 9.98. The molecule has 0 fully saturated rings. The quantitative estimate of drug-likeness (QED) is 0.172. The second kappa shape index (κ2) is 10.7. The van der Waals surface area contributed by atoms with Gasteiger partial charge in [-0.25, -0.2) is 9.97 Å². The van der Waals surface area contributed by atoms with E-state index < -0.39 is 6.04 Å². The van der Waals surface area contributed by atoms with E-state index in [1.165, 1.54) is 15.5 Å². The first-order chi connectivity index (χ1) is 26.8. The van der Waals surface area contributed by atoms with Crippen LogP contribution in [0.3, 0.4) is 0 Å². The Labute approximate surface area is 306 Å². The molecule has 0 saturated heterocycles. The van der Waals surface area contributed by atoms with Gasteiger partial charge in [-0.1, -0.05) is 109 Å². The van der Waals surface area contributed by atoms with Gasteiger partial charge in [0.2, 0.25) is 5.28 Å². The second-order valence-corrected chi connectivity index (χ2v) is 14.7. The zero-order chi connectivity index (χ0) is 37.3. The summed E-state index contributed by atoms with van der Waals surface area (Å²) in [5.41, 5.74) is 6.21. The average molecular weight is 699 g/mol. The summed E-state index contributed by atoms with van der Waals surface area (Å²) in [6.07, 6.45) is 0. The van der Waals surface area contributed by atoms with Gasteiger partial charge < -0.3 is 4.57 Å². The van der Waals surface area contributed by atoms with E-state index in [4.69, 9.17) is 23.4 Å². The molecule has 4 aromatic heterocycles. The van der Waals surface area contributed by atoms with Crippen LogP contribution in [0.1, 0.15) is 6.85 Å². The first-order valence-corrected chi connectivity index (χ1v) is 18.1. The molecule has 0 atom stereocenters. The zero-order valence-corrected chi connectivity index (χ0v) is 28.4. The van der Waals surface area contributed by atoms with Gasteiger partial charge >= 0.3 is 0 Å². The Bertz CT molecular complexity index is 3430. The van der Waals surface area contributed by atoms with Crippen LogP contribution in [0, 0.1) is 0 Å². The molecule has 0 aliphatic carbocycles. The van der Waals surface area contributed by atoms with Gasteiger partial charge in [-0.05, 0) is 64.5 Å². The maximum absolute atomic E-state index is 8.79. The van der Waals surface area contributed by atoms with Gasteiger partial charge in [-0.3, -0.25) is 0 Å². The third-order valence-electron chi connectivity index (χ3n) is 9.62. The topological polar surface area (TPSA) is 30.7 Å². The highest BCUT2D eigenvalue weighted by atomic mass is 35.5. The van der Waals surface area contributed by atoms with Gasteiger partial charge in [0, 0.05) is 57.7 Å². The lowest BCUT2D eigenvalue weighted by Gasteiger charge is -2.12. The maximum atomic E-state index is 8.79. The summed E-state index contributed by atoms with van der Waals surface area (Å²) in [5, 5.41) is 7.84. The highest BCUT2D eigenvalue weighted by Crippen LogP contribution is 2.48. The molecule has 0 amide bonds. The second-order valence-electron chi connectivity index (χ2n) is 12.3. The van der Waals surface area contributed by atoms with E-state index in [2.05, 4.69) is 94.5 Å². The van der Waals surface area contributed by atoms with Gasteiger partial charge in [0.1, 0.15) is 0 Å². The Morgan fingerprint density at radius 3 is 2.02 bits per heavy atom. The molecular formula is C44H24ClN3S2. The van der Waals surface area contributed by atoms with E-state index in [1.807, 2.05) is 30.3 Å². The number of hydrogen-bond donors (Lipinski definition) is 0. The van der Waals surface area contributed by atoms with Gasteiger partial charge in [0.05, 0.1) is 33.8 Å². The molecule has 234 valence electrons. The molecule has 0 spiro atoms.